The topological polar surface area (TPSA) is 312 Å². The summed E-state index contributed by atoms with van der Waals surface area (Å²) in [4.78, 5) is 57.8. The average molecular weight is 1720 g/mol. The van der Waals surface area contributed by atoms with Crippen LogP contribution < -0.4 is 74.9 Å². The molecule has 0 saturated heterocycles. The van der Waals surface area contributed by atoms with Gasteiger partial charge in [-0.25, -0.2) is 9.59 Å². The van der Waals surface area contributed by atoms with E-state index in [0.29, 0.717) is 21.4 Å². The van der Waals surface area contributed by atoms with Crippen molar-refractivity contribution in [1.29, 1.82) is 0 Å². The molecule has 0 spiro atoms. The van der Waals surface area contributed by atoms with E-state index in [9.17, 15) is 19.2 Å². The molecule has 22 nitrogen and oxygen atoms in total. The fourth-order valence-corrected chi connectivity index (χ4v) is 12.3. The summed E-state index contributed by atoms with van der Waals surface area (Å²) < 4.78 is 13.8. The number of hydrogen-bond acceptors (Lipinski definition) is 20. The zero-order valence-electron chi connectivity index (χ0n) is 78.3. The Morgan fingerprint density at radius 3 is 0.975 bits per heavy atom. The third-order valence-electron chi connectivity index (χ3n) is 18.3. The molecule has 0 bridgehead atoms. The van der Waals surface area contributed by atoms with E-state index in [1.807, 2.05) is 90.3 Å². The van der Waals surface area contributed by atoms with Crippen molar-refractivity contribution in [3.05, 3.63) is 211 Å². The maximum Gasteiger partial charge on any atom is 0.519 e. The summed E-state index contributed by atoms with van der Waals surface area (Å²) in [7, 11) is 3.88. The molecular formula is C96H145N15O7S3. The van der Waals surface area contributed by atoms with Crippen molar-refractivity contribution in [3.8, 4) is 0 Å². The first-order valence-electron chi connectivity index (χ1n) is 41.3. The highest BCUT2D eigenvalue weighted by atomic mass is 32.1. The molecule has 0 heterocycles. The van der Waals surface area contributed by atoms with Crippen LogP contribution >= 0.6 is 36.7 Å². The standard InChI is InChI=1S/C20H25N3OS.C13H21N3S.C13H22N2.C12H20N2.C10H18O5.C9H14N2.C8H12N2.C8H5NOS.C3H8/c1-5-23(6-2)18-13-17(14(3)12-15(18)4)21-20(25)22-19(24)16-10-8-7-9-11-16;1-5-16(6-2)12-8-11(15-13(14)17)9(3)7-10(12)4;1-6-15(7-2)13-9-12(14-5)10(3)8-11(13)4;1-5-14(6-2)12-8-11(13)9(3)7-10(12)4;1-9(2,3)14-7(11)13-8(12)15-10(4,5)6;1-6-4-7(2)9(11-3)5-8(6)10;1-5-3-6(2)8(10)4-7(5)9;10-8(9-6-11)7-4-2-1-3-5-7;1-3-2/h7-13H,5-6H2,1-4H3,(H2,21,22,24,25);7-8H,5-6H2,1-4H3,(H3,14,15,17);8-9,14H,6-7H2,1-5H3;7-8H,5-6,13H2,1-4H3;1-6H3;4-5,11H,10H2,1-3H3;3-4H,9-10H2,1-2H3;1-5H;3H2,1-2H3. The van der Waals surface area contributed by atoms with E-state index in [0.717, 1.165) is 120 Å². The second kappa shape index (κ2) is 56.5. The van der Waals surface area contributed by atoms with Gasteiger partial charge >= 0.3 is 12.3 Å². The number of aliphatic imine (C=N–C) groups is 1. The van der Waals surface area contributed by atoms with E-state index in [4.69, 9.17) is 62.6 Å². The molecule has 25 heteroatoms. The summed E-state index contributed by atoms with van der Waals surface area (Å²) in [6.07, 6.45) is -0.867. The minimum Gasteiger partial charge on any atom is -0.428 e. The number of thiocarbonyl (C=S) groups is 3. The minimum atomic E-state index is -1.06. The van der Waals surface area contributed by atoms with Crippen LogP contribution in [-0.4, -0.2) is 117 Å². The Hall–Kier alpha value is -11.0. The number of isothiocyanates is 1. The SMILES string of the molecule is CC(C)(C)OC(=O)OC(=O)OC(C)(C)C.CCC.CCN(CC)c1cc(N)c(C)cc1C.CCN(CC)c1cc(NC(=S)NC(=O)c2ccccc2)c(C)cc1C.CCN(CC)c1cc(NC(N)=S)c(C)cc1C.CCN(CC)c1cc(NC)c(C)cc1C.CNc1cc(N)c(C)cc1C.Cc1cc(C)c(N)cc1N.O=C(N=C=S)c1ccccc1. The van der Waals surface area contributed by atoms with Crippen LogP contribution in [0.2, 0.25) is 0 Å². The number of carbonyl (C=O) groups is 4. The molecule has 8 aromatic carbocycles. The van der Waals surface area contributed by atoms with Crippen LogP contribution in [0.4, 0.5) is 77.8 Å². The number of benzene rings is 8. The lowest BCUT2D eigenvalue weighted by Gasteiger charge is -2.25. The molecule has 664 valence electrons. The Bertz CT molecular complexity index is 4530. The van der Waals surface area contributed by atoms with Crippen molar-refractivity contribution < 1.29 is 33.4 Å². The summed E-state index contributed by atoms with van der Waals surface area (Å²) in [5.41, 5.74) is 55.1. The Morgan fingerprint density at radius 2 is 0.661 bits per heavy atom. The summed E-state index contributed by atoms with van der Waals surface area (Å²) >= 11 is 14.5. The van der Waals surface area contributed by atoms with E-state index in [2.05, 4.69) is 240 Å². The first-order chi connectivity index (χ1) is 56.7. The van der Waals surface area contributed by atoms with Crippen molar-refractivity contribution >= 4 is 144 Å². The van der Waals surface area contributed by atoms with Crippen LogP contribution in [0.5, 0.6) is 0 Å². The molecule has 8 rings (SSSR count). The number of hydrogen-bond donors (Lipinski definition) is 10. The average Bonchev–Trinajstić information content (AvgIpc) is 0.826. The van der Waals surface area contributed by atoms with Crippen LogP contribution in [-0.2, 0) is 14.2 Å². The fourth-order valence-electron chi connectivity index (χ4n) is 11.9. The zero-order chi connectivity index (χ0) is 92.8. The van der Waals surface area contributed by atoms with Crippen molar-refractivity contribution in [1.82, 2.24) is 5.32 Å². The number of nitrogens with two attached hydrogens (primary N) is 5. The van der Waals surface area contributed by atoms with Gasteiger partial charge in [-0.2, -0.15) is 4.99 Å². The van der Waals surface area contributed by atoms with Crippen molar-refractivity contribution in [2.24, 2.45) is 10.7 Å². The van der Waals surface area contributed by atoms with Gasteiger partial charge in [0.05, 0.1) is 5.16 Å². The van der Waals surface area contributed by atoms with E-state index >= 15 is 0 Å². The molecule has 2 amide bonds. The number of nitrogens with one attached hydrogen (secondary N) is 5. The highest BCUT2D eigenvalue weighted by molar-refractivity contribution is 7.80. The molecule has 0 fully saturated rings. The van der Waals surface area contributed by atoms with Gasteiger partial charge in [-0.1, -0.05) is 93.1 Å². The minimum absolute atomic E-state index is 0.216. The third kappa shape index (κ3) is 41.2. The maximum absolute atomic E-state index is 12.2. The molecule has 121 heavy (non-hydrogen) atoms. The molecule has 0 aliphatic rings. The predicted molar refractivity (Wildman–Crippen MR) is 532 cm³/mol. The largest absolute Gasteiger partial charge is 0.519 e. The summed E-state index contributed by atoms with van der Waals surface area (Å²) in [6, 6.07) is 42.9. The summed E-state index contributed by atoms with van der Waals surface area (Å²) in [6.45, 7) is 64.5. The van der Waals surface area contributed by atoms with Crippen LogP contribution in [0.25, 0.3) is 0 Å². The molecule has 0 aliphatic heterocycles. The van der Waals surface area contributed by atoms with Gasteiger partial charge in [-0.3, -0.25) is 14.9 Å². The van der Waals surface area contributed by atoms with Gasteiger partial charge in [0.15, 0.2) is 10.2 Å². The fraction of sp³-hybridized carbons (Fsp3) is 0.427. The van der Waals surface area contributed by atoms with Crippen LogP contribution in [0.15, 0.2) is 138 Å². The Balaban J connectivity index is 0.00000137. The van der Waals surface area contributed by atoms with E-state index in [-0.39, 0.29) is 11.8 Å². The number of nitrogens with zero attached hydrogens (tertiary/aromatic N) is 5. The normalized spacial score (nSPS) is 10.1. The number of aryl methyl sites for hydroxylation is 12. The molecule has 0 atom stereocenters. The second-order valence-corrected chi connectivity index (χ2v) is 31.5. The van der Waals surface area contributed by atoms with Gasteiger partial charge in [0.25, 0.3) is 11.8 Å². The van der Waals surface area contributed by atoms with E-state index < -0.39 is 23.5 Å². The number of rotatable bonds is 18. The molecule has 0 radical (unpaired) electrons. The highest BCUT2D eigenvalue weighted by Gasteiger charge is 2.25. The highest BCUT2D eigenvalue weighted by Crippen LogP contribution is 2.32. The molecule has 0 aromatic heterocycles. The number of nitrogen functional groups attached to an aromatic ring is 4. The number of ether oxygens (including phenoxy) is 3. The Morgan fingerprint density at radius 1 is 0.388 bits per heavy atom. The molecule has 15 N–H and O–H groups in total. The van der Waals surface area contributed by atoms with Gasteiger partial charge in [0.1, 0.15) is 11.2 Å². The molecule has 0 saturated carbocycles. The Labute approximate surface area is 742 Å². The van der Waals surface area contributed by atoms with Gasteiger partial charge in [-0.15, -0.1) is 0 Å². The van der Waals surface area contributed by atoms with Crippen LogP contribution in [0, 0.1) is 83.1 Å². The number of carbonyl (C=O) groups excluding carboxylic acids is 4. The maximum atomic E-state index is 12.2. The van der Waals surface area contributed by atoms with Crippen molar-refractivity contribution in [2.45, 2.75) is 211 Å². The molecule has 8 aromatic rings. The predicted octanol–water partition coefficient (Wildman–Crippen LogP) is 22.6. The third-order valence-corrected chi connectivity index (χ3v) is 18.7. The lowest BCUT2D eigenvalue weighted by atomic mass is 10.1. The summed E-state index contributed by atoms with van der Waals surface area (Å²) in [5, 5.41) is 17.9. The van der Waals surface area contributed by atoms with Gasteiger partial charge in [-0.05, 0) is 344 Å². The zero-order valence-corrected chi connectivity index (χ0v) is 80.7. The first kappa shape index (κ1) is 110. The number of anilines is 12. The molecular weight excluding hydrogens is 1570 g/mol. The first-order valence-corrected chi connectivity index (χ1v) is 42.5. The van der Waals surface area contributed by atoms with Gasteiger partial charge in [0, 0.05) is 146 Å². The quantitative estimate of drug-likeness (QED) is 0.0125. The lowest BCUT2D eigenvalue weighted by Crippen LogP contribution is -2.34. The van der Waals surface area contributed by atoms with Crippen LogP contribution in [0.1, 0.15) is 205 Å². The number of amides is 2. The molecule has 0 unspecified atom stereocenters. The van der Waals surface area contributed by atoms with E-state index in [1.165, 1.54) is 73.8 Å². The van der Waals surface area contributed by atoms with Gasteiger partial charge < -0.3 is 83.7 Å². The smallest absolute Gasteiger partial charge is 0.428 e. The second-order valence-electron chi connectivity index (χ2n) is 30.5. The molecule has 0 aliphatic carbocycles. The Kier molecular flexibility index (Phi) is 51.4. The van der Waals surface area contributed by atoms with Crippen LogP contribution in [0.3, 0.4) is 0 Å². The van der Waals surface area contributed by atoms with Crippen molar-refractivity contribution in [2.75, 3.05) is 130 Å². The van der Waals surface area contributed by atoms with Crippen molar-refractivity contribution in [3.63, 3.8) is 0 Å². The monoisotopic (exact) mass is 1720 g/mol. The lowest BCUT2D eigenvalue weighted by molar-refractivity contribution is -0.0294. The van der Waals surface area contributed by atoms with Gasteiger partial charge in [0.2, 0.25) is 0 Å². The van der Waals surface area contributed by atoms with E-state index in [1.54, 1.807) is 84.0 Å². The summed E-state index contributed by atoms with van der Waals surface area (Å²) in [5.74, 6) is -0.563.